The van der Waals surface area contributed by atoms with Crippen LogP contribution in [0.1, 0.15) is 31.8 Å². The number of carbonyl (C=O) groups is 2. The molecule has 3 aromatic rings. The van der Waals surface area contributed by atoms with E-state index in [1.165, 1.54) is 7.11 Å². The van der Waals surface area contributed by atoms with E-state index in [4.69, 9.17) is 4.74 Å². The summed E-state index contributed by atoms with van der Waals surface area (Å²) < 4.78 is 11.7. The molecule has 0 aliphatic carbocycles. The van der Waals surface area contributed by atoms with Gasteiger partial charge in [-0.05, 0) is 54.4 Å². The number of esters is 2. The number of aryl methyl sites for hydroxylation is 1. The van der Waals surface area contributed by atoms with Crippen molar-refractivity contribution in [2.24, 2.45) is 0 Å². The van der Waals surface area contributed by atoms with Crippen molar-refractivity contribution in [2.45, 2.75) is 13.5 Å². The smallest absolute Gasteiger partial charge is 0.338 e. The average Bonchev–Trinajstić information content (AvgIpc) is 3.12. The molecule has 0 radical (unpaired) electrons. The van der Waals surface area contributed by atoms with Crippen LogP contribution in [-0.4, -0.2) is 28.8 Å². The van der Waals surface area contributed by atoms with Crippen LogP contribution in [0, 0.1) is 6.92 Å². The molecule has 1 heterocycles. The number of carbonyl (C=O) groups excluding carboxylic acids is 2. The Morgan fingerprint density at radius 2 is 1.81 bits per heavy atom. The molecule has 26 heavy (non-hydrogen) atoms. The quantitative estimate of drug-likeness (QED) is 0.660. The third-order valence-corrected chi connectivity index (χ3v) is 3.80. The molecule has 1 aromatic heterocycles. The van der Waals surface area contributed by atoms with Gasteiger partial charge in [-0.15, -0.1) is 0 Å². The molecule has 0 N–H and O–H groups in total. The molecular formula is C20H18N2O4. The Labute approximate surface area is 151 Å². The van der Waals surface area contributed by atoms with Gasteiger partial charge in [0.25, 0.3) is 0 Å². The number of methoxy groups -OCH3 is 1. The van der Waals surface area contributed by atoms with Crippen molar-refractivity contribution in [3.05, 3.63) is 83.2 Å². The Balaban J connectivity index is 1.64. The van der Waals surface area contributed by atoms with Crippen molar-refractivity contribution in [1.29, 1.82) is 0 Å². The lowest BCUT2D eigenvalue weighted by molar-refractivity contribution is 0.0472. The molecule has 0 bridgehead atoms. The molecule has 0 spiro atoms. The summed E-state index contributed by atoms with van der Waals surface area (Å²) in [5, 5.41) is 4.23. The fourth-order valence-corrected chi connectivity index (χ4v) is 2.44. The number of ether oxygens (including phenoxy) is 2. The molecule has 132 valence electrons. The van der Waals surface area contributed by atoms with Crippen molar-refractivity contribution < 1.29 is 19.1 Å². The fraction of sp³-hybridized carbons (Fsp3) is 0.150. The van der Waals surface area contributed by atoms with Crippen molar-refractivity contribution in [1.82, 2.24) is 9.78 Å². The maximum atomic E-state index is 12.2. The highest BCUT2D eigenvalue weighted by Gasteiger charge is 2.10. The summed E-state index contributed by atoms with van der Waals surface area (Å²) in [5.74, 6) is -0.862. The number of benzene rings is 2. The van der Waals surface area contributed by atoms with Crippen LogP contribution in [0.2, 0.25) is 0 Å². The number of hydrogen-bond acceptors (Lipinski definition) is 5. The highest BCUT2D eigenvalue weighted by Crippen LogP contribution is 2.13. The first kappa shape index (κ1) is 17.4. The minimum absolute atomic E-state index is 0.0732. The van der Waals surface area contributed by atoms with E-state index in [9.17, 15) is 9.59 Å². The average molecular weight is 350 g/mol. The minimum atomic E-state index is -0.434. The summed E-state index contributed by atoms with van der Waals surface area (Å²) in [6.07, 6.45) is 3.67. The topological polar surface area (TPSA) is 70.4 Å². The first-order valence-electron chi connectivity index (χ1n) is 8.03. The minimum Gasteiger partial charge on any atom is -0.465 e. The van der Waals surface area contributed by atoms with Gasteiger partial charge in [-0.1, -0.05) is 12.1 Å². The molecule has 0 aliphatic heterocycles. The fourth-order valence-electron chi connectivity index (χ4n) is 2.44. The van der Waals surface area contributed by atoms with Gasteiger partial charge in [-0.25, -0.2) is 14.3 Å². The van der Waals surface area contributed by atoms with Crippen LogP contribution in [-0.2, 0) is 16.1 Å². The number of nitrogens with zero attached hydrogens (tertiary/aromatic N) is 2. The summed E-state index contributed by atoms with van der Waals surface area (Å²) in [5.41, 5.74) is 3.50. The highest BCUT2D eigenvalue weighted by molar-refractivity contribution is 5.90. The van der Waals surface area contributed by atoms with E-state index in [2.05, 4.69) is 9.84 Å². The Morgan fingerprint density at radius 1 is 1.04 bits per heavy atom. The van der Waals surface area contributed by atoms with Gasteiger partial charge < -0.3 is 9.47 Å². The number of rotatable bonds is 5. The SMILES string of the molecule is COC(=O)c1cccc(COC(=O)c2ccc(-n3cc(C)cn3)cc2)c1. The number of aromatic nitrogens is 2. The third-order valence-electron chi connectivity index (χ3n) is 3.80. The Kier molecular flexibility index (Phi) is 5.12. The first-order chi connectivity index (χ1) is 12.6. The maximum absolute atomic E-state index is 12.2. The molecule has 0 atom stereocenters. The summed E-state index contributed by atoms with van der Waals surface area (Å²) in [6.45, 7) is 2.04. The van der Waals surface area contributed by atoms with Crippen LogP contribution in [0.4, 0.5) is 0 Å². The molecular weight excluding hydrogens is 332 g/mol. The van der Waals surface area contributed by atoms with E-state index in [0.717, 1.165) is 11.3 Å². The van der Waals surface area contributed by atoms with Crippen molar-refractivity contribution in [2.75, 3.05) is 7.11 Å². The molecule has 3 rings (SSSR count). The first-order valence-corrected chi connectivity index (χ1v) is 8.03. The predicted octanol–water partition coefficient (Wildman–Crippen LogP) is 3.32. The summed E-state index contributed by atoms with van der Waals surface area (Å²) in [6, 6.07) is 13.8. The second kappa shape index (κ2) is 7.65. The zero-order valence-corrected chi connectivity index (χ0v) is 14.5. The monoisotopic (exact) mass is 350 g/mol. The van der Waals surface area contributed by atoms with Crippen LogP contribution in [0.3, 0.4) is 0 Å². The van der Waals surface area contributed by atoms with Gasteiger partial charge in [0, 0.05) is 6.20 Å². The van der Waals surface area contributed by atoms with Crippen LogP contribution in [0.5, 0.6) is 0 Å². The molecule has 6 nitrogen and oxygen atoms in total. The lowest BCUT2D eigenvalue weighted by Crippen LogP contribution is -2.07. The highest BCUT2D eigenvalue weighted by atomic mass is 16.5. The molecule has 0 saturated heterocycles. The van der Waals surface area contributed by atoms with Crippen LogP contribution in [0.25, 0.3) is 5.69 Å². The maximum Gasteiger partial charge on any atom is 0.338 e. The normalized spacial score (nSPS) is 10.4. The van der Waals surface area contributed by atoms with Crippen molar-refractivity contribution >= 4 is 11.9 Å². The molecule has 0 fully saturated rings. The van der Waals surface area contributed by atoms with Gasteiger partial charge in [0.05, 0.1) is 30.1 Å². The molecule has 0 aliphatic rings. The van der Waals surface area contributed by atoms with Crippen molar-refractivity contribution in [3.63, 3.8) is 0 Å². The largest absolute Gasteiger partial charge is 0.465 e. The Hall–Kier alpha value is -3.41. The summed E-state index contributed by atoms with van der Waals surface area (Å²) in [4.78, 5) is 23.7. The molecule has 0 amide bonds. The van der Waals surface area contributed by atoms with Gasteiger partial charge in [0.15, 0.2) is 0 Å². The van der Waals surface area contributed by atoms with Crippen molar-refractivity contribution in [3.8, 4) is 5.69 Å². The lowest BCUT2D eigenvalue weighted by atomic mass is 10.1. The lowest BCUT2D eigenvalue weighted by Gasteiger charge is -2.07. The molecule has 6 heteroatoms. The second-order valence-corrected chi connectivity index (χ2v) is 5.78. The van der Waals surface area contributed by atoms with E-state index < -0.39 is 11.9 Å². The zero-order chi connectivity index (χ0) is 18.5. The third kappa shape index (κ3) is 3.97. The van der Waals surface area contributed by atoms with Crippen LogP contribution >= 0.6 is 0 Å². The predicted molar refractivity (Wildman–Crippen MR) is 95.2 cm³/mol. The summed E-state index contributed by atoms with van der Waals surface area (Å²) in [7, 11) is 1.32. The van der Waals surface area contributed by atoms with E-state index in [1.54, 1.807) is 59.4 Å². The van der Waals surface area contributed by atoms with Gasteiger partial charge >= 0.3 is 11.9 Å². The van der Waals surface area contributed by atoms with E-state index in [1.807, 2.05) is 13.1 Å². The van der Waals surface area contributed by atoms with Gasteiger partial charge in [-0.3, -0.25) is 0 Å². The van der Waals surface area contributed by atoms with Gasteiger partial charge in [-0.2, -0.15) is 5.10 Å². The van der Waals surface area contributed by atoms with Crippen LogP contribution in [0.15, 0.2) is 60.9 Å². The van der Waals surface area contributed by atoms with E-state index in [0.29, 0.717) is 16.7 Å². The van der Waals surface area contributed by atoms with Gasteiger partial charge in [0.1, 0.15) is 6.61 Å². The molecule has 0 saturated carbocycles. The summed E-state index contributed by atoms with van der Waals surface area (Å²) >= 11 is 0. The molecule has 0 unspecified atom stereocenters. The number of hydrogen-bond donors (Lipinski definition) is 0. The van der Waals surface area contributed by atoms with E-state index in [-0.39, 0.29) is 6.61 Å². The van der Waals surface area contributed by atoms with E-state index >= 15 is 0 Å². The second-order valence-electron chi connectivity index (χ2n) is 5.78. The standard InChI is InChI=1S/C20H18N2O4/c1-14-11-21-22(12-14)18-8-6-16(7-9-18)20(24)26-13-15-4-3-5-17(10-15)19(23)25-2/h3-12H,13H2,1-2H3. The Bertz CT molecular complexity index is 929. The Morgan fingerprint density at radius 3 is 2.46 bits per heavy atom. The molecule has 2 aromatic carbocycles. The zero-order valence-electron chi connectivity index (χ0n) is 14.5. The van der Waals surface area contributed by atoms with Gasteiger partial charge in [0.2, 0.25) is 0 Å². The van der Waals surface area contributed by atoms with Crippen LogP contribution < -0.4 is 0 Å².